The summed E-state index contributed by atoms with van der Waals surface area (Å²) in [5.74, 6) is 0.247. The van der Waals surface area contributed by atoms with Crippen molar-refractivity contribution in [3.63, 3.8) is 0 Å². The Balaban J connectivity index is 1.71. The molecule has 1 N–H and O–H groups in total. The number of aliphatic hydroxyl groups is 1. The minimum atomic E-state index is -0.898. The van der Waals surface area contributed by atoms with Crippen LogP contribution < -0.4 is 0 Å². The fourth-order valence-corrected chi connectivity index (χ4v) is 4.76. The Labute approximate surface area is 145 Å². The molecule has 0 spiro atoms. The minimum absolute atomic E-state index is 0.247. The van der Waals surface area contributed by atoms with Crippen LogP contribution in [0, 0.1) is 5.92 Å². The van der Waals surface area contributed by atoms with E-state index in [2.05, 4.69) is 29.2 Å². The Morgan fingerprint density at radius 2 is 1.42 bits per heavy atom. The van der Waals surface area contributed by atoms with Gasteiger partial charge in [0.05, 0.1) is 0 Å². The number of fused-ring (bicyclic) bond motifs is 1. The summed E-state index contributed by atoms with van der Waals surface area (Å²) in [6.07, 6.45) is 6.32. The molecule has 2 heteroatoms. The van der Waals surface area contributed by atoms with E-state index in [0.717, 1.165) is 30.1 Å². The highest BCUT2D eigenvalue weighted by Gasteiger charge is 2.44. The van der Waals surface area contributed by atoms with Crippen molar-refractivity contribution in [2.45, 2.75) is 43.7 Å². The fraction of sp³-hybridized carbons (Fsp3) is 0.455. The zero-order chi connectivity index (χ0) is 16.4. The number of nitrogens with zero attached hydrogens (tertiary/aromatic N) is 1. The molecule has 0 radical (unpaired) electrons. The van der Waals surface area contributed by atoms with Crippen molar-refractivity contribution in [3.8, 4) is 0 Å². The van der Waals surface area contributed by atoms with Crippen molar-refractivity contribution in [2.24, 2.45) is 5.92 Å². The summed E-state index contributed by atoms with van der Waals surface area (Å²) < 4.78 is 0. The summed E-state index contributed by atoms with van der Waals surface area (Å²) in [4.78, 5) is 2.63. The quantitative estimate of drug-likeness (QED) is 0.916. The number of hydrogen-bond acceptors (Lipinski definition) is 2. The van der Waals surface area contributed by atoms with Crippen LogP contribution in [0.5, 0.6) is 0 Å². The summed E-state index contributed by atoms with van der Waals surface area (Å²) in [7, 11) is 0. The average Bonchev–Trinajstić information content (AvgIpc) is 2.68. The van der Waals surface area contributed by atoms with E-state index in [-0.39, 0.29) is 5.92 Å². The van der Waals surface area contributed by atoms with Gasteiger partial charge in [0.25, 0.3) is 0 Å². The third kappa shape index (κ3) is 2.78. The molecular formula is C22H27NO. The van der Waals surface area contributed by atoms with Crippen molar-refractivity contribution >= 4 is 0 Å². The Hall–Kier alpha value is -1.64. The van der Waals surface area contributed by atoms with E-state index in [4.69, 9.17) is 0 Å². The van der Waals surface area contributed by atoms with E-state index >= 15 is 0 Å². The molecule has 2 fully saturated rings. The van der Waals surface area contributed by atoms with Crippen molar-refractivity contribution < 1.29 is 5.11 Å². The molecule has 0 bridgehead atoms. The molecule has 0 aliphatic carbocycles. The first-order valence-corrected chi connectivity index (χ1v) is 9.36. The third-order valence-corrected chi connectivity index (χ3v) is 6.07. The molecule has 2 saturated heterocycles. The highest BCUT2D eigenvalue weighted by Crippen LogP contribution is 2.43. The summed E-state index contributed by atoms with van der Waals surface area (Å²) in [5, 5.41) is 11.9. The first-order chi connectivity index (χ1) is 11.8. The van der Waals surface area contributed by atoms with Gasteiger partial charge in [0, 0.05) is 18.5 Å². The minimum Gasteiger partial charge on any atom is -0.380 e. The van der Waals surface area contributed by atoms with Crippen LogP contribution in [-0.4, -0.2) is 29.1 Å². The second-order valence-corrected chi connectivity index (χ2v) is 7.42. The van der Waals surface area contributed by atoms with Gasteiger partial charge in [-0.05, 0) is 43.4 Å². The summed E-state index contributed by atoms with van der Waals surface area (Å²) in [6.45, 7) is 2.20. The standard InChI is InChI=1S/C22H27NO/c24-22(18-9-3-1-4-10-18,19-11-5-2-6-12-19)20-14-15-21-13-7-8-16-23(21)17-20/h1-6,9-12,20-21,24H,7-8,13-17H2. The van der Waals surface area contributed by atoms with Gasteiger partial charge in [0.15, 0.2) is 0 Å². The van der Waals surface area contributed by atoms with Crippen molar-refractivity contribution in [1.29, 1.82) is 0 Å². The molecule has 2 heterocycles. The van der Waals surface area contributed by atoms with Crippen LogP contribution in [0.3, 0.4) is 0 Å². The molecule has 0 aromatic heterocycles. The molecule has 126 valence electrons. The van der Waals surface area contributed by atoms with Gasteiger partial charge in [0.1, 0.15) is 5.60 Å². The summed E-state index contributed by atoms with van der Waals surface area (Å²) in [6, 6.07) is 21.3. The predicted octanol–water partition coefficient (Wildman–Crippen LogP) is 4.19. The van der Waals surface area contributed by atoms with Crippen LogP contribution in [0.25, 0.3) is 0 Å². The zero-order valence-corrected chi connectivity index (χ0v) is 14.3. The SMILES string of the molecule is OC(c1ccccc1)(c1ccccc1)C1CCC2CCCCN2C1. The monoisotopic (exact) mass is 321 g/mol. The van der Waals surface area contributed by atoms with E-state index in [1.807, 2.05) is 36.4 Å². The number of piperidine rings is 2. The van der Waals surface area contributed by atoms with Gasteiger partial charge in [-0.25, -0.2) is 0 Å². The van der Waals surface area contributed by atoms with Gasteiger partial charge < -0.3 is 5.11 Å². The number of hydrogen-bond donors (Lipinski definition) is 1. The van der Waals surface area contributed by atoms with Crippen molar-refractivity contribution in [3.05, 3.63) is 71.8 Å². The zero-order valence-electron chi connectivity index (χ0n) is 14.3. The van der Waals surface area contributed by atoms with Gasteiger partial charge >= 0.3 is 0 Å². The first kappa shape index (κ1) is 15.9. The van der Waals surface area contributed by atoms with Crippen LogP contribution in [0.1, 0.15) is 43.2 Å². The second kappa shape index (κ2) is 6.70. The van der Waals surface area contributed by atoms with Gasteiger partial charge in [-0.1, -0.05) is 67.1 Å². The molecule has 2 nitrogen and oxygen atoms in total. The van der Waals surface area contributed by atoms with Gasteiger partial charge in [-0.3, -0.25) is 4.90 Å². The summed E-state index contributed by atoms with van der Waals surface area (Å²) >= 11 is 0. The Kier molecular flexibility index (Phi) is 4.43. The smallest absolute Gasteiger partial charge is 0.119 e. The normalized spacial score (nSPS) is 25.2. The Morgan fingerprint density at radius 3 is 2.04 bits per heavy atom. The second-order valence-electron chi connectivity index (χ2n) is 7.42. The van der Waals surface area contributed by atoms with Crippen molar-refractivity contribution in [2.75, 3.05) is 13.1 Å². The predicted molar refractivity (Wildman–Crippen MR) is 97.8 cm³/mol. The van der Waals surface area contributed by atoms with E-state index in [9.17, 15) is 5.11 Å². The molecule has 2 aromatic rings. The Morgan fingerprint density at radius 1 is 0.792 bits per heavy atom. The lowest BCUT2D eigenvalue weighted by Gasteiger charge is -2.48. The third-order valence-electron chi connectivity index (χ3n) is 6.07. The molecule has 2 unspecified atom stereocenters. The van der Waals surface area contributed by atoms with E-state index in [0.29, 0.717) is 0 Å². The molecule has 2 atom stereocenters. The topological polar surface area (TPSA) is 23.5 Å². The molecule has 2 aliphatic rings. The number of rotatable bonds is 3. The molecule has 0 saturated carbocycles. The lowest BCUT2D eigenvalue weighted by Crippen LogP contribution is -2.52. The largest absolute Gasteiger partial charge is 0.380 e. The van der Waals surface area contributed by atoms with E-state index in [1.54, 1.807) is 0 Å². The van der Waals surface area contributed by atoms with E-state index in [1.165, 1.54) is 32.2 Å². The first-order valence-electron chi connectivity index (χ1n) is 9.36. The van der Waals surface area contributed by atoms with Crippen LogP contribution in [-0.2, 0) is 5.60 Å². The average molecular weight is 321 g/mol. The highest BCUT2D eigenvalue weighted by molar-refractivity contribution is 5.37. The fourth-order valence-electron chi connectivity index (χ4n) is 4.76. The van der Waals surface area contributed by atoms with Gasteiger partial charge in [-0.2, -0.15) is 0 Å². The maximum atomic E-state index is 11.9. The Bertz CT molecular complexity index is 615. The maximum Gasteiger partial charge on any atom is 0.119 e. The molecule has 2 aliphatic heterocycles. The van der Waals surface area contributed by atoms with Gasteiger partial charge in [-0.15, -0.1) is 0 Å². The van der Waals surface area contributed by atoms with Crippen molar-refractivity contribution in [1.82, 2.24) is 4.90 Å². The van der Waals surface area contributed by atoms with Gasteiger partial charge in [0.2, 0.25) is 0 Å². The summed E-state index contributed by atoms with van der Waals surface area (Å²) in [5.41, 5.74) is 1.15. The van der Waals surface area contributed by atoms with Crippen LogP contribution in [0.4, 0.5) is 0 Å². The van der Waals surface area contributed by atoms with Crippen LogP contribution in [0.15, 0.2) is 60.7 Å². The highest BCUT2D eigenvalue weighted by atomic mass is 16.3. The van der Waals surface area contributed by atoms with Crippen LogP contribution in [0.2, 0.25) is 0 Å². The lowest BCUT2D eigenvalue weighted by molar-refractivity contribution is -0.0414. The molecule has 0 amide bonds. The molecule has 24 heavy (non-hydrogen) atoms. The van der Waals surface area contributed by atoms with Crippen LogP contribution >= 0.6 is 0 Å². The molecule has 4 rings (SSSR count). The number of benzene rings is 2. The lowest BCUT2D eigenvalue weighted by atomic mass is 9.71. The molecular weight excluding hydrogens is 294 g/mol. The maximum absolute atomic E-state index is 11.9. The van der Waals surface area contributed by atoms with E-state index < -0.39 is 5.60 Å². The molecule has 2 aromatic carbocycles.